The molecule has 1 aromatic carbocycles. The van der Waals surface area contributed by atoms with Gasteiger partial charge in [-0.3, -0.25) is 4.79 Å². The van der Waals surface area contributed by atoms with Gasteiger partial charge in [0.25, 0.3) is 0 Å². The molecule has 0 saturated heterocycles. The number of esters is 1. The van der Waals surface area contributed by atoms with Crippen LogP contribution in [0.4, 0.5) is 5.69 Å². The first-order valence-corrected chi connectivity index (χ1v) is 8.07. The van der Waals surface area contributed by atoms with E-state index in [0.717, 1.165) is 11.4 Å². The summed E-state index contributed by atoms with van der Waals surface area (Å²) < 4.78 is 10.4. The number of hydrogen-bond donors (Lipinski definition) is 1. The molecule has 0 aliphatic carbocycles. The molecule has 5 heteroatoms. The highest BCUT2D eigenvalue weighted by atomic mass is 16.5. The van der Waals surface area contributed by atoms with Gasteiger partial charge >= 0.3 is 5.97 Å². The Kier molecular flexibility index (Phi) is 7.07. The molecule has 128 valence electrons. The number of ether oxygens (including phenoxy) is 2. The number of benzene rings is 1. The fourth-order valence-electron chi connectivity index (χ4n) is 2.65. The van der Waals surface area contributed by atoms with Crippen LogP contribution in [-0.2, 0) is 14.3 Å². The van der Waals surface area contributed by atoms with Crippen LogP contribution in [0.25, 0.3) is 0 Å². The third-order valence-corrected chi connectivity index (χ3v) is 4.23. The van der Waals surface area contributed by atoms with E-state index in [-0.39, 0.29) is 12.4 Å². The normalized spacial score (nSPS) is 14.5. The van der Waals surface area contributed by atoms with Gasteiger partial charge in [0.05, 0.1) is 13.7 Å². The van der Waals surface area contributed by atoms with Gasteiger partial charge in [-0.15, -0.1) is 0 Å². The van der Waals surface area contributed by atoms with E-state index in [9.17, 15) is 9.59 Å². The van der Waals surface area contributed by atoms with Crippen molar-refractivity contribution in [1.29, 1.82) is 0 Å². The Morgan fingerprint density at radius 2 is 1.78 bits per heavy atom. The lowest BCUT2D eigenvalue weighted by molar-refractivity contribution is -0.153. The van der Waals surface area contributed by atoms with Crippen molar-refractivity contribution in [1.82, 2.24) is 0 Å². The van der Waals surface area contributed by atoms with Gasteiger partial charge in [-0.05, 0) is 37.6 Å². The summed E-state index contributed by atoms with van der Waals surface area (Å²) in [6.45, 7) is 7.50. The van der Waals surface area contributed by atoms with Gasteiger partial charge < -0.3 is 14.8 Å². The molecular formula is C18H27NO4. The maximum absolute atomic E-state index is 12.6. The number of Topliss-reactive ketones (excluding diaryl/α,β-unsaturated/α-hetero) is 1. The summed E-state index contributed by atoms with van der Waals surface area (Å²) in [6, 6.07) is 7.26. The Bertz CT molecular complexity index is 526. The van der Waals surface area contributed by atoms with Crippen LogP contribution in [-0.4, -0.2) is 31.0 Å². The first-order chi connectivity index (χ1) is 10.9. The zero-order valence-corrected chi connectivity index (χ0v) is 14.6. The van der Waals surface area contributed by atoms with Crippen LogP contribution < -0.4 is 10.1 Å². The maximum Gasteiger partial charge on any atom is 0.332 e. The number of carbonyl (C=O) groups excluding carboxylic acids is 2. The highest BCUT2D eigenvalue weighted by Crippen LogP contribution is 2.30. The van der Waals surface area contributed by atoms with E-state index in [1.807, 2.05) is 19.1 Å². The van der Waals surface area contributed by atoms with Gasteiger partial charge in [-0.2, -0.15) is 0 Å². The molecule has 1 aromatic rings. The summed E-state index contributed by atoms with van der Waals surface area (Å²) in [5.41, 5.74) is -0.325. The lowest BCUT2D eigenvalue weighted by Crippen LogP contribution is -2.54. The largest absolute Gasteiger partial charge is 0.497 e. The molecule has 5 nitrogen and oxygen atoms in total. The fraction of sp³-hybridized carbons (Fsp3) is 0.556. The standard InChI is InChI=1S/C18H27NO4/c1-6-16(20)13(4)18(7-2,17(21)23-8-3)19-14-9-11-15(22-5)12-10-14/h9-13,19H,6-8H2,1-5H3/t13-,18+/m1/s1. The summed E-state index contributed by atoms with van der Waals surface area (Å²) in [4.78, 5) is 24.9. The van der Waals surface area contributed by atoms with Gasteiger partial charge in [0.2, 0.25) is 0 Å². The minimum Gasteiger partial charge on any atom is -0.497 e. The van der Waals surface area contributed by atoms with Crippen molar-refractivity contribution >= 4 is 17.4 Å². The number of anilines is 1. The summed E-state index contributed by atoms with van der Waals surface area (Å²) in [5.74, 6) is -0.126. The van der Waals surface area contributed by atoms with Crippen LogP contribution in [0.3, 0.4) is 0 Å². The molecule has 0 amide bonds. The smallest absolute Gasteiger partial charge is 0.332 e. The van der Waals surface area contributed by atoms with E-state index in [1.165, 1.54) is 0 Å². The summed E-state index contributed by atoms with van der Waals surface area (Å²) in [7, 11) is 1.60. The van der Waals surface area contributed by atoms with Gasteiger partial charge in [0.1, 0.15) is 17.1 Å². The number of methoxy groups -OCH3 is 1. The molecule has 0 aromatic heterocycles. The van der Waals surface area contributed by atoms with E-state index in [1.54, 1.807) is 40.0 Å². The minimum absolute atomic E-state index is 0.0286. The number of carbonyl (C=O) groups is 2. The Balaban J connectivity index is 3.19. The summed E-state index contributed by atoms with van der Waals surface area (Å²) >= 11 is 0. The molecule has 0 unspecified atom stereocenters. The number of hydrogen-bond acceptors (Lipinski definition) is 5. The molecule has 0 heterocycles. The number of ketones is 1. The Morgan fingerprint density at radius 3 is 2.22 bits per heavy atom. The Morgan fingerprint density at radius 1 is 1.17 bits per heavy atom. The van der Waals surface area contributed by atoms with Crippen LogP contribution in [0, 0.1) is 5.92 Å². The van der Waals surface area contributed by atoms with Crippen LogP contribution in [0.5, 0.6) is 5.75 Å². The minimum atomic E-state index is -1.07. The highest BCUT2D eigenvalue weighted by molar-refractivity contribution is 5.94. The molecule has 23 heavy (non-hydrogen) atoms. The van der Waals surface area contributed by atoms with Crippen LogP contribution in [0.15, 0.2) is 24.3 Å². The third kappa shape index (κ3) is 4.24. The first-order valence-electron chi connectivity index (χ1n) is 8.07. The second kappa shape index (κ2) is 8.56. The average molecular weight is 321 g/mol. The maximum atomic E-state index is 12.6. The predicted octanol–water partition coefficient (Wildman–Crippen LogP) is 3.43. The second-order valence-electron chi connectivity index (χ2n) is 5.44. The molecule has 1 N–H and O–H groups in total. The molecule has 1 rings (SSSR count). The van der Waals surface area contributed by atoms with E-state index in [2.05, 4.69) is 5.32 Å². The Hall–Kier alpha value is -2.04. The third-order valence-electron chi connectivity index (χ3n) is 4.23. The lowest BCUT2D eigenvalue weighted by Gasteiger charge is -2.37. The molecule has 0 aliphatic heterocycles. The fourth-order valence-corrected chi connectivity index (χ4v) is 2.65. The highest BCUT2D eigenvalue weighted by Gasteiger charge is 2.46. The van der Waals surface area contributed by atoms with Crippen molar-refractivity contribution in [3.8, 4) is 5.75 Å². The monoisotopic (exact) mass is 321 g/mol. The molecule has 0 fully saturated rings. The van der Waals surface area contributed by atoms with Gasteiger partial charge in [0, 0.05) is 18.0 Å². The van der Waals surface area contributed by atoms with Gasteiger partial charge in [-0.1, -0.05) is 20.8 Å². The summed E-state index contributed by atoms with van der Waals surface area (Å²) in [6.07, 6.45) is 0.831. The topological polar surface area (TPSA) is 64.6 Å². The van der Waals surface area contributed by atoms with Crippen molar-refractivity contribution in [3.05, 3.63) is 24.3 Å². The van der Waals surface area contributed by atoms with Crippen molar-refractivity contribution in [2.24, 2.45) is 5.92 Å². The van der Waals surface area contributed by atoms with E-state index in [4.69, 9.17) is 9.47 Å². The zero-order chi connectivity index (χ0) is 17.5. The lowest BCUT2D eigenvalue weighted by atomic mass is 9.79. The molecule has 0 saturated carbocycles. The SMILES string of the molecule is CCOC(=O)[C@@](CC)(Nc1ccc(OC)cc1)[C@H](C)C(=O)CC. The van der Waals surface area contributed by atoms with Crippen LogP contribution >= 0.6 is 0 Å². The second-order valence-corrected chi connectivity index (χ2v) is 5.44. The molecule has 0 aliphatic rings. The molecule has 0 bridgehead atoms. The first kappa shape index (κ1) is 19.0. The van der Waals surface area contributed by atoms with Gasteiger partial charge in [0.15, 0.2) is 0 Å². The van der Waals surface area contributed by atoms with Crippen molar-refractivity contribution in [2.75, 3.05) is 19.0 Å². The zero-order valence-electron chi connectivity index (χ0n) is 14.6. The van der Waals surface area contributed by atoms with E-state index in [0.29, 0.717) is 12.8 Å². The number of nitrogens with one attached hydrogen (secondary N) is 1. The number of rotatable bonds is 9. The summed E-state index contributed by atoms with van der Waals surface area (Å²) in [5, 5.41) is 3.24. The molecular weight excluding hydrogens is 294 g/mol. The Labute approximate surface area is 138 Å². The molecule has 0 spiro atoms. The van der Waals surface area contributed by atoms with Crippen molar-refractivity contribution in [2.45, 2.75) is 46.1 Å². The van der Waals surface area contributed by atoms with E-state index < -0.39 is 17.4 Å². The average Bonchev–Trinajstić information content (AvgIpc) is 2.59. The van der Waals surface area contributed by atoms with E-state index >= 15 is 0 Å². The van der Waals surface area contributed by atoms with Gasteiger partial charge in [-0.25, -0.2) is 4.79 Å². The van der Waals surface area contributed by atoms with Crippen LogP contribution in [0.1, 0.15) is 40.5 Å². The quantitative estimate of drug-likeness (QED) is 0.706. The predicted molar refractivity (Wildman–Crippen MR) is 90.7 cm³/mol. The molecule has 0 radical (unpaired) electrons. The van der Waals surface area contributed by atoms with Crippen molar-refractivity contribution < 1.29 is 19.1 Å². The van der Waals surface area contributed by atoms with Crippen molar-refractivity contribution in [3.63, 3.8) is 0 Å². The molecule has 2 atom stereocenters. The van der Waals surface area contributed by atoms with Crippen LogP contribution in [0.2, 0.25) is 0 Å².